The van der Waals surface area contributed by atoms with Gasteiger partial charge in [0.2, 0.25) is 0 Å². The summed E-state index contributed by atoms with van der Waals surface area (Å²) in [7, 11) is 0. The van der Waals surface area contributed by atoms with E-state index in [-0.39, 0.29) is 0 Å². The molecule has 0 heteroatoms. The lowest BCUT2D eigenvalue weighted by molar-refractivity contribution is 0.616. The average molecular weight is 199 g/mol. The van der Waals surface area contributed by atoms with E-state index in [1.165, 1.54) is 51.4 Å². The lowest BCUT2D eigenvalue weighted by atomic mass is 9.88. The van der Waals surface area contributed by atoms with Gasteiger partial charge in [-0.15, -0.1) is 0 Å². The molecule has 0 fully saturated rings. The first-order valence-corrected chi connectivity index (χ1v) is 6.42. The molecule has 0 aliphatic heterocycles. The summed E-state index contributed by atoms with van der Waals surface area (Å²) in [4.78, 5) is 0. The molecule has 0 unspecified atom stereocenters. The first-order valence-electron chi connectivity index (χ1n) is 6.42. The van der Waals surface area contributed by atoms with Gasteiger partial charge in [-0.05, 0) is 67.2 Å². The van der Waals surface area contributed by atoms with E-state index >= 15 is 0 Å². The van der Waals surface area contributed by atoms with Crippen LogP contribution in [0.4, 0.5) is 0 Å². The van der Waals surface area contributed by atoms with Crippen LogP contribution >= 0.6 is 0 Å². The van der Waals surface area contributed by atoms with Gasteiger partial charge in [-0.1, -0.05) is 25.0 Å². The number of rotatable bonds is 0. The summed E-state index contributed by atoms with van der Waals surface area (Å²) in [5, 5.41) is 0. The molecule has 1 aromatic carbocycles. The summed E-state index contributed by atoms with van der Waals surface area (Å²) in [5.41, 5.74) is 6.57. The summed E-state index contributed by atoms with van der Waals surface area (Å²) in [6.07, 6.45) is 13.3. The van der Waals surface area contributed by atoms with Crippen LogP contribution in [0.25, 0.3) is 0 Å². The van der Waals surface area contributed by atoms with Crippen molar-refractivity contribution < 1.29 is 0 Å². The maximum Gasteiger partial charge on any atom is -0.00840 e. The van der Waals surface area contributed by atoms with Crippen molar-refractivity contribution in [3.63, 3.8) is 0 Å². The second-order valence-corrected chi connectivity index (χ2v) is 4.93. The Hall–Kier alpha value is -0.780. The van der Waals surface area contributed by atoms with Crippen molar-refractivity contribution in [2.45, 2.75) is 51.4 Å². The Bertz CT molecular complexity index is 363. The zero-order valence-corrected chi connectivity index (χ0v) is 9.39. The van der Waals surface area contributed by atoms with Crippen molar-refractivity contribution >= 4 is 0 Å². The molecule has 3 rings (SSSR count). The molecule has 0 bridgehead atoms. The molecule has 79 valence electrons. The third kappa shape index (κ3) is 1.71. The fourth-order valence-electron chi connectivity index (χ4n) is 3.10. The SMILES string of the molecule is [CH]1CCc2ccc3c(c21)CCCCCC3. The molecule has 0 amide bonds. The normalized spacial score (nSPS) is 20.3. The van der Waals surface area contributed by atoms with Gasteiger partial charge in [-0.2, -0.15) is 0 Å². The zero-order chi connectivity index (χ0) is 10.1. The molecular formula is C15H19. The highest BCUT2D eigenvalue weighted by Crippen LogP contribution is 2.32. The van der Waals surface area contributed by atoms with Crippen LogP contribution in [0.5, 0.6) is 0 Å². The maximum atomic E-state index is 2.47. The molecule has 0 aromatic heterocycles. The van der Waals surface area contributed by atoms with Gasteiger partial charge < -0.3 is 0 Å². The van der Waals surface area contributed by atoms with E-state index in [2.05, 4.69) is 18.6 Å². The van der Waals surface area contributed by atoms with Crippen molar-refractivity contribution in [3.05, 3.63) is 40.8 Å². The average Bonchev–Trinajstić information content (AvgIpc) is 2.65. The first kappa shape index (κ1) is 9.45. The van der Waals surface area contributed by atoms with Crippen molar-refractivity contribution in [2.24, 2.45) is 0 Å². The predicted octanol–water partition coefficient (Wildman–Crippen LogP) is 3.84. The molecule has 0 heterocycles. The maximum absolute atomic E-state index is 2.47. The van der Waals surface area contributed by atoms with E-state index in [0.717, 1.165) is 0 Å². The Labute approximate surface area is 92.7 Å². The summed E-state index contributed by atoms with van der Waals surface area (Å²) >= 11 is 0. The highest BCUT2D eigenvalue weighted by atomic mass is 14.2. The van der Waals surface area contributed by atoms with Gasteiger partial charge >= 0.3 is 0 Å². The van der Waals surface area contributed by atoms with Crippen molar-refractivity contribution in [1.29, 1.82) is 0 Å². The lowest BCUT2D eigenvalue weighted by Gasteiger charge is -2.17. The lowest BCUT2D eigenvalue weighted by Crippen LogP contribution is -2.03. The number of benzene rings is 1. The molecular weight excluding hydrogens is 180 g/mol. The Balaban J connectivity index is 2.04. The van der Waals surface area contributed by atoms with E-state index < -0.39 is 0 Å². The second kappa shape index (κ2) is 4.00. The van der Waals surface area contributed by atoms with Crippen LogP contribution < -0.4 is 0 Å². The zero-order valence-electron chi connectivity index (χ0n) is 9.39. The summed E-state index contributed by atoms with van der Waals surface area (Å²) in [6, 6.07) is 4.78. The fourth-order valence-corrected chi connectivity index (χ4v) is 3.10. The summed E-state index contributed by atoms with van der Waals surface area (Å²) in [5.74, 6) is 0. The monoisotopic (exact) mass is 199 g/mol. The second-order valence-electron chi connectivity index (χ2n) is 4.93. The van der Waals surface area contributed by atoms with E-state index in [1.54, 1.807) is 22.3 Å². The molecule has 0 atom stereocenters. The molecule has 0 spiro atoms. The predicted molar refractivity (Wildman–Crippen MR) is 64.0 cm³/mol. The van der Waals surface area contributed by atoms with E-state index in [0.29, 0.717) is 0 Å². The number of fused-ring (bicyclic) bond motifs is 3. The van der Waals surface area contributed by atoms with Crippen LogP contribution in [0.15, 0.2) is 12.1 Å². The Morgan fingerprint density at radius 1 is 0.733 bits per heavy atom. The van der Waals surface area contributed by atoms with Gasteiger partial charge in [0.25, 0.3) is 0 Å². The van der Waals surface area contributed by atoms with Crippen LogP contribution in [0, 0.1) is 6.42 Å². The number of aryl methyl sites for hydroxylation is 2. The molecule has 0 saturated heterocycles. The van der Waals surface area contributed by atoms with Crippen LogP contribution in [-0.2, 0) is 19.3 Å². The van der Waals surface area contributed by atoms with Crippen molar-refractivity contribution in [3.8, 4) is 0 Å². The third-order valence-electron chi connectivity index (χ3n) is 3.93. The minimum Gasteiger partial charge on any atom is -0.0585 e. The molecule has 0 nitrogen and oxygen atoms in total. The molecule has 0 saturated carbocycles. The number of hydrogen-bond donors (Lipinski definition) is 0. The van der Waals surface area contributed by atoms with Gasteiger partial charge in [0.15, 0.2) is 0 Å². The topological polar surface area (TPSA) is 0 Å². The van der Waals surface area contributed by atoms with Crippen molar-refractivity contribution in [1.82, 2.24) is 0 Å². The standard InChI is InChI=1S/C15H19/c1-2-4-8-14-12(6-3-1)10-11-13-7-5-9-15(13)14/h9-11H,1-8H2. The van der Waals surface area contributed by atoms with Gasteiger partial charge in [0.05, 0.1) is 0 Å². The molecule has 2 aliphatic rings. The highest BCUT2D eigenvalue weighted by molar-refractivity contribution is 5.48. The highest BCUT2D eigenvalue weighted by Gasteiger charge is 2.18. The third-order valence-corrected chi connectivity index (χ3v) is 3.93. The minimum absolute atomic E-state index is 1.27. The summed E-state index contributed by atoms with van der Waals surface area (Å²) < 4.78 is 0. The van der Waals surface area contributed by atoms with Crippen LogP contribution in [0.3, 0.4) is 0 Å². The van der Waals surface area contributed by atoms with E-state index in [1.807, 2.05) is 0 Å². The molecule has 15 heavy (non-hydrogen) atoms. The van der Waals surface area contributed by atoms with Gasteiger partial charge in [0.1, 0.15) is 0 Å². The van der Waals surface area contributed by atoms with E-state index in [9.17, 15) is 0 Å². The Morgan fingerprint density at radius 2 is 1.53 bits per heavy atom. The first-order chi connectivity index (χ1) is 7.45. The Morgan fingerprint density at radius 3 is 2.47 bits per heavy atom. The molecule has 0 N–H and O–H groups in total. The number of hydrogen-bond acceptors (Lipinski definition) is 0. The Kier molecular flexibility index (Phi) is 2.52. The van der Waals surface area contributed by atoms with E-state index in [4.69, 9.17) is 0 Å². The molecule has 1 radical (unpaired) electrons. The smallest absolute Gasteiger partial charge is 0.00840 e. The van der Waals surface area contributed by atoms with Gasteiger partial charge in [-0.3, -0.25) is 0 Å². The fraction of sp³-hybridized carbons (Fsp3) is 0.533. The van der Waals surface area contributed by atoms with Crippen molar-refractivity contribution in [2.75, 3.05) is 0 Å². The van der Waals surface area contributed by atoms with Crippen LogP contribution in [0.2, 0.25) is 0 Å². The molecule has 2 aliphatic carbocycles. The van der Waals surface area contributed by atoms with Crippen LogP contribution in [0.1, 0.15) is 54.4 Å². The quantitative estimate of drug-likeness (QED) is 0.595. The summed E-state index contributed by atoms with van der Waals surface area (Å²) in [6.45, 7) is 0. The minimum atomic E-state index is 1.27. The van der Waals surface area contributed by atoms with Gasteiger partial charge in [-0.25, -0.2) is 0 Å². The van der Waals surface area contributed by atoms with Gasteiger partial charge in [0, 0.05) is 0 Å². The van der Waals surface area contributed by atoms with Crippen LogP contribution in [-0.4, -0.2) is 0 Å². The molecule has 1 aromatic rings. The largest absolute Gasteiger partial charge is 0.0585 e.